The van der Waals surface area contributed by atoms with Gasteiger partial charge < -0.3 is 0 Å². The fourth-order valence-electron chi connectivity index (χ4n) is 4.16. The summed E-state index contributed by atoms with van der Waals surface area (Å²) in [5, 5.41) is 22.1. The van der Waals surface area contributed by atoms with Crippen molar-refractivity contribution in [3.8, 4) is 0 Å². The number of nitrogens with zero attached hydrogens (tertiary/aromatic N) is 3. The van der Waals surface area contributed by atoms with Crippen molar-refractivity contribution in [3.63, 3.8) is 0 Å². The maximum atomic E-state index is 13.1. The van der Waals surface area contributed by atoms with Gasteiger partial charge in [0, 0.05) is 60.0 Å². The Morgan fingerprint density at radius 3 is 2.27 bits per heavy atom. The van der Waals surface area contributed by atoms with E-state index in [0.29, 0.717) is 41.8 Å². The summed E-state index contributed by atoms with van der Waals surface area (Å²) in [7, 11) is 0. The zero-order valence-corrected chi connectivity index (χ0v) is 15.8. The van der Waals surface area contributed by atoms with Crippen molar-refractivity contribution >= 4 is 28.8 Å². The third-order valence-electron chi connectivity index (χ3n) is 5.48. The van der Waals surface area contributed by atoms with Crippen LogP contribution in [0.4, 0.5) is 17.1 Å². The summed E-state index contributed by atoms with van der Waals surface area (Å²) in [6.45, 7) is 0. The van der Waals surface area contributed by atoms with Gasteiger partial charge in [0.25, 0.3) is 11.4 Å². The average Bonchev–Trinajstić information content (AvgIpc) is 2.73. The molecule has 9 nitrogen and oxygen atoms in total. The molecule has 2 aromatic carbocycles. The monoisotopic (exact) mass is 407 g/mol. The number of ketones is 1. The van der Waals surface area contributed by atoms with E-state index in [1.54, 1.807) is 12.1 Å². The molecule has 0 bridgehead atoms. The number of amides is 1. The highest BCUT2D eigenvalue weighted by atomic mass is 16.6. The normalized spacial score (nSPS) is 18.9. The maximum Gasteiger partial charge on any atom is 0.269 e. The van der Waals surface area contributed by atoms with Crippen molar-refractivity contribution in [2.75, 3.05) is 4.90 Å². The Hall–Kier alpha value is -3.88. The molecule has 1 aliphatic heterocycles. The Bertz CT molecular complexity index is 1110. The molecule has 1 amide bonds. The van der Waals surface area contributed by atoms with Gasteiger partial charge in [0.1, 0.15) is 0 Å². The fourth-order valence-corrected chi connectivity index (χ4v) is 4.16. The second-order valence-corrected chi connectivity index (χ2v) is 7.25. The van der Waals surface area contributed by atoms with E-state index >= 15 is 0 Å². The molecular formula is C21H17N3O6. The largest absolute Gasteiger partial charge is 0.294 e. The molecule has 0 N–H and O–H groups in total. The highest BCUT2D eigenvalue weighted by Crippen LogP contribution is 2.44. The molecule has 0 saturated heterocycles. The summed E-state index contributed by atoms with van der Waals surface area (Å²) in [4.78, 5) is 48.5. The highest BCUT2D eigenvalue weighted by Gasteiger charge is 2.40. The Morgan fingerprint density at radius 2 is 1.60 bits per heavy atom. The number of carbonyl (C=O) groups is 2. The number of nitro groups is 2. The summed E-state index contributed by atoms with van der Waals surface area (Å²) >= 11 is 0. The van der Waals surface area contributed by atoms with Crippen LogP contribution in [0.5, 0.6) is 0 Å². The van der Waals surface area contributed by atoms with E-state index in [4.69, 9.17) is 0 Å². The van der Waals surface area contributed by atoms with E-state index in [1.165, 1.54) is 41.3 Å². The van der Waals surface area contributed by atoms with Gasteiger partial charge in [-0.1, -0.05) is 12.1 Å². The number of hydrogen-bond acceptors (Lipinski definition) is 6. The molecule has 1 heterocycles. The number of anilines is 1. The zero-order valence-electron chi connectivity index (χ0n) is 15.8. The number of carbonyl (C=O) groups excluding carboxylic acids is 2. The van der Waals surface area contributed by atoms with Gasteiger partial charge in [-0.25, -0.2) is 0 Å². The number of nitro benzene ring substituents is 2. The number of rotatable bonds is 4. The van der Waals surface area contributed by atoms with Gasteiger partial charge in [0.15, 0.2) is 5.78 Å². The van der Waals surface area contributed by atoms with E-state index in [1.807, 2.05) is 0 Å². The lowest BCUT2D eigenvalue weighted by Crippen LogP contribution is -2.40. The molecular weight excluding hydrogens is 390 g/mol. The standard InChI is InChI=1S/C21H17N3O6/c25-19-6-2-5-18-21(19)17(13-3-1-4-16(11-13)24(29)30)12-20(26)22(18)14-7-9-15(10-8-14)23(27)28/h1,3-4,7-11,17H,2,5-6,12H2. The first-order valence-corrected chi connectivity index (χ1v) is 9.45. The van der Waals surface area contributed by atoms with E-state index in [9.17, 15) is 29.8 Å². The molecule has 2 aliphatic rings. The molecule has 30 heavy (non-hydrogen) atoms. The molecule has 4 rings (SSSR count). The van der Waals surface area contributed by atoms with Gasteiger partial charge in [-0.15, -0.1) is 0 Å². The molecule has 0 fully saturated rings. The van der Waals surface area contributed by atoms with E-state index in [0.717, 1.165) is 0 Å². The summed E-state index contributed by atoms with van der Waals surface area (Å²) in [5.41, 5.74) is 1.91. The van der Waals surface area contributed by atoms with Crippen LogP contribution in [-0.2, 0) is 9.59 Å². The lowest BCUT2D eigenvalue weighted by Gasteiger charge is -2.38. The number of hydrogen-bond donors (Lipinski definition) is 0. The Balaban J connectivity index is 1.81. The van der Waals surface area contributed by atoms with Crippen LogP contribution in [0.15, 0.2) is 59.8 Å². The first kappa shape index (κ1) is 19.4. The topological polar surface area (TPSA) is 124 Å². The predicted molar refractivity (Wildman–Crippen MR) is 107 cm³/mol. The number of allylic oxidation sites excluding steroid dienone is 2. The maximum absolute atomic E-state index is 13.1. The van der Waals surface area contributed by atoms with E-state index in [-0.39, 0.29) is 29.5 Å². The average molecular weight is 407 g/mol. The molecule has 1 atom stereocenters. The van der Waals surface area contributed by atoms with Crippen LogP contribution in [0.2, 0.25) is 0 Å². The summed E-state index contributed by atoms with van der Waals surface area (Å²) in [6.07, 6.45) is 1.45. The smallest absolute Gasteiger partial charge is 0.269 e. The van der Waals surface area contributed by atoms with Crippen molar-refractivity contribution in [1.82, 2.24) is 0 Å². The minimum Gasteiger partial charge on any atom is -0.294 e. The van der Waals surface area contributed by atoms with Crippen LogP contribution >= 0.6 is 0 Å². The summed E-state index contributed by atoms with van der Waals surface area (Å²) < 4.78 is 0. The third-order valence-corrected chi connectivity index (χ3v) is 5.48. The first-order valence-electron chi connectivity index (χ1n) is 9.45. The summed E-state index contributed by atoms with van der Waals surface area (Å²) in [6, 6.07) is 11.6. The lowest BCUT2D eigenvalue weighted by atomic mass is 9.77. The van der Waals surface area contributed by atoms with Crippen molar-refractivity contribution < 1.29 is 19.4 Å². The predicted octanol–water partition coefficient (Wildman–Crippen LogP) is 4.03. The summed E-state index contributed by atoms with van der Waals surface area (Å²) in [5.74, 6) is -0.879. The van der Waals surface area contributed by atoms with Gasteiger partial charge >= 0.3 is 0 Å². The van der Waals surface area contributed by atoms with E-state index in [2.05, 4.69) is 0 Å². The van der Waals surface area contributed by atoms with E-state index < -0.39 is 15.8 Å². The molecule has 1 aliphatic carbocycles. The second kappa shape index (κ2) is 7.51. The van der Waals surface area contributed by atoms with Crippen LogP contribution in [0.3, 0.4) is 0 Å². The van der Waals surface area contributed by atoms with Crippen LogP contribution < -0.4 is 4.90 Å². The SMILES string of the molecule is O=C1CCCC2=C1C(c1cccc([N+](=O)[O-])c1)CC(=O)N2c1ccc([N+](=O)[O-])cc1. The number of benzene rings is 2. The quantitative estimate of drug-likeness (QED) is 0.557. The van der Waals surface area contributed by atoms with Gasteiger partial charge in [-0.05, 0) is 30.5 Å². The number of non-ortho nitro benzene ring substituents is 2. The van der Waals surface area contributed by atoms with Crippen LogP contribution in [0.25, 0.3) is 0 Å². The Morgan fingerprint density at radius 1 is 0.900 bits per heavy atom. The fraction of sp³-hybridized carbons (Fsp3) is 0.238. The zero-order chi connectivity index (χ0) is 21.4. The van der Waals surface area contributed by atoms with Gasteiger partial charge in [-0.3, -0.25) is 34.7 Å². The van der Waals surface area contributed by atoms with Crippen molar-refractivity contribution in [2.24, 2.45) is 0 Å². The number of Topliss-reactive ketones (excluding diaryl/α,β-unsaturated/α-hetero) is 1. The van der Waals surface area contributed by atoms with Crippen LogP contribution in [-0.4, -0.2) is 21.5 Å². The molecule has 1 unspecified atom stereocenters. The highest BCUT2D eigenvalue weighted by molar-refractivity contribution is 6.07. The molecule has 2 aromatic rings. The molecule has 0 radical (unpaired) electrons. The third kappa shape index (κ3) is 3.34. The first-order chi connectivity index (χ1) is 14.4. The second-order valence-electron chi connectivity index (χ2n) is 7.25. The van der Waals surface area contributed by atoms with Gasteiger partial charge in [-0.2, -0.15) is 0 Å². The molecule has 152 valence electrons. The minimum absolute atomic E-state index is 0.0112. The molecule has 9 heteroatoms. The van der Waals surface area contributed by atoms with Crippen LogP contribution in [0, 0.1) is 20.2 Å². The molecule has 0 saturated carbocycles. The van der Waals surface area contributed by atoms with Crippen molar-refractivity contribution in [3.05, 3.63) is 85.6 Å². The Labute approximate surface area is 170 Å². The van der Waals surface area contributed by atoms with Gasteiger partial charge in [0.2, 0.25) is 5.91 Å². The van der Waals surface area contributed by atoms with Crippen molar-refractivity contribution in [2.45, 2.75) is 31.6 Å². The van der Waals surface area contributed by atoms with Crippen LogP contribution in [0.1, 0.15) is 37.2 Å². The molecule has 0 spiro atoms. The molecule has 0 aromatic heterocycles. The Kier molecular flexibility index (Phi) is 4.86. The van der Waals surface area contributed by atoms with Crippen molar-refractivity contribution in [1.29, 1.82) is 0 Å². The van der Waals surface area contributed by atoms with Gasteiger partial charge in [0.05, 0.1) is 9.85 Å². The lowest BCUT2D eigenvalue weighted by molar-refractivity contribution is -0.385. The minimum atomic E-state index is -0.547.